The summed E-state index contributed by atoms with van der Waals surface area (Å²) in [6.45, 7) is 1.52. The Kier molecular flexibility index (Phi) is 3.29. The molecule has 0 heterocycles. The first-order chi connectivity index (χ1) is 6.38. The lowest BCUT2D eigenvalue weighted by Gasteiger charge is -2.06. The molecule has 0 spiro atoms. The molecule has 1 aromatic rings. The number of benzene rings is 1. The van der Waals surface area contributed by atoms with Gasteiger partial charge >= 0.3 is 7.82 Å². The van der Waals surface area contributed by atoms with E-state index in [2.05, 4.69) is 4.52 Å². The molecule has 0 unspecified atom stereocenters. The van der Waals surface area contributed by atoms with Gasteiger partial charge in [0.25, 0.3) is 0 Å². The van der Waals surface area contributed by atoms with Gasteiger partial charge in [0.2, 0.25) is 0 Å². The first kappa shape index (κ1) is 11.2. The molecular formula is C8H11O5P. The van der Waals surface area contributed by atoms with Crippen LogP contribution in [0, 0.1) is 6.92 Å². The van der Waals surface area contributed by atoms with E-state index in [9.17, 15) is 9.67 Å². The lowest BCUT2D eigenvalue weighted by molar-refractivity contribution is 0.189. The molecule has 0 aliphatic rings. The van der Waals surface area contributed by atoms with E-state index in [-0.39, 0.29) is 12.4 Å². The number of hydrogen-bond donors (Lipinski definition) is 3. The van der Waals surface area contributed by atoms with Crippen molar-refractivity contribution in [2.75, 3.05) is 0 Å². The third-order valence-electron chi connectivity index (χ3n) is 1.66. The Morgan fingerprint density at radius 2 is 2.07 bits per heavy atom. The predicted octanol–water partition coefficient (Wildman–Crippen LogP) is 1.31. The maximum atomic E-state index is 10.4. The quantitative estimate of drug-likeness (QED) is 0.666. The van der Waals surface area contributed by atoms with Gasteiger partial charge in [0, 0.05) is 0 Å². The van der Waals surface area contributed by atoms with Crippen LogP contribution in [0.3, 0.4) is 0 Å². The first-order valence-electron chi connectivity index (χ1n) is 3.87. The van der Waals surface area contributed by atoms with E-state index < -0.39 is 7.82 Å². The monoisotopic (exact) mass is 218 g/mol. The molecule has 1 rings (SSSR count). The highest BCUT2D eigenvalue weighted by Gasteiger charge is 2.13. The maximum Gasteiger partial charge on any atom is 0.469 e. The predicted molar refractivity (Wildman–Crippen MR) is 49.7 cm³/mol. The lowest BCUT2D eigenvalue weighted by atomic mass is 10.1. The van der Waals surface area contributed by atoms with E-state index in [0.717, 1.165) is 0 Å². The highest BCUT2D eigenvalue weighted by Crippen LogP contribution is 2.37. The van der Waals surface area contributed by atoms with Crippen molar-refractivity contribution >= 4 is 7.82 Å². The molecule has 0 atom stereocenters. The molecule has 0 radical (unpaired) electrons. The van der Waals surface area contributed by atoms with Crippen molar-refractivity contribution in [2.24, 2.45) is 0 Å². The highest BCUT2D eigenvalue weighted by atomic mass is 31.2. The van der Waals surface area contributed by atoms with Crippen molar-refractivity contribution in [1.29, 1.82) is 0 Å². The Balaban J connectivity index is 2.69. The molecule has 0 aliphatic heterocycles. The fourth-order valence-corrected chi connectivity index (χ4v) is 1.28. The largest absolute Gasteiger partial charge is 0.508 e. The summed E-state index contributed by atoms with van der Waals surface area (Å²) >= 11 is 0. The molecule has 0 fully saturated rings. The molecule has 0 saturated carbocycles. The Labute approximate surface area is 81.2 Å². The van der Waals surface area contributed by atoms with Crippen LogP contribution in [0.4, 0.5) is 0 Å². The normalized spacial score (nSPS) is 11.6. The van der Waals surface area contributed by atoms with Gasteiger partial charge < -0.3 is 14.9 Å². The van der Waals surface area contributed by atoms with E-state index in [1.807, 2.05) is 0 Å². The molecule has 78 valence electrons. The number of phenols is 1. The SMILES string of the molecule is Cc1cc(COP(=O)(O)O)ccc1O. The Morgan fingerprint density at radius 3 is 2.57 bits per heavy atom. The summed E-state index contributed by atoms with van der Waals surface area (Å²) in [5.74, 6) is 0.143. The second-order valence-electron chi connectivity index (χ2n) is 2.88. The average Bonchev–Trinajstić information content (AvgIpc) is 2.06. The van der Waals surface area contributed by atoms with Crippen LogP contribution in [-0.2, 0) is 15.7 Å². The van der Waals surface area contributed by atoms with Gasteiger partial charge in [-0.3, -0.25) is 4.52 Å². The van der Waals surface area contributed by atoms with Gasteiger partial charge in [-0.1, -0.05) is 12.1 Å². The van der Waals surface area contributed by atoms with Gasteiger partial charge in [-0.2, -0.15) is 0 Å². The fraction of sp³-hybridized carbons (Fsp3) is 0.250. The van der Waals surface area contributed by atoms with Gasteiger partial charge in [-0.15, -0.1) is 0 Å². The van der Waals surface area contributed by atoms with E-state index in [4.69, 9.17) is 9.79 Å². The summed E-state index contributed by atoms with van der Waals surface area (Å²) in [5, 5.41) is 9.18. The second kappa shape index (κ2) is 4.11. The Morgan fingerprint density at radius 1 is 1.43 bits per heavy atom. The summed E-state index contributed by atoms with van der Waals surface area (Å²) in [7, 11) is -4.42. The van der Waals surface area contributed by atoms with Crippen LogP contribution in [0.1, 0.15) is 11.1 Å². The van der Waals surface area contributed by atoms with Gasteiger partial charge in [0.05, 0.1) is 6.61 Å². The number of phenolic OH excluding ortho intramolecular Hbond substituents is 1. The van der Waals surface area contributed by atoms with Crippen LogP contribution in [0.5, 0.6) is 5.75 Å². The van der Waals surface area contributed by atoms with Crippen LogP contribution in [0.2, 0.25) is 0 Å². The van der Waals surface area contributed by atoms with Crippen molar-refractivity contribution in [3.05, 3.63) is 29.3 Å². The minimum absolute atomic E-state index is 0.143. The molecule has 0 bridgehead atoms. The first-order valence-corrected chi connectivity index (χ1v) is 5.40. The van der Waals surface area contributed by atoms with Gasteiger partial charge in [0.1, 0.15) is 5.75 Å². The number of phosphoric acid groups is 1. The molecule has 14 heavy (non-hydrogen) atoms. The molecule has 6 heteroatoms. The summed E-state index contributed by atoms with van der Waals surface area (Å²) in [6, 6.07) is 4.59. The van der Waals surface area contributed by atoms with Crippen molar-refractivity contribution in [3.8, 4) is 5.75 Å². The van der Waals surface area contributed by atoms with Crippen LogP contribution in [0.25, 0.3) is 0 Å². The van der Waals surface area contributed by atoms with E-state index in [1.165, 1.54) is 12.1 Å². The van der Waals surface area contributed by atoms with Gasteiger partial charge in [0.15, 0.2) is 0 Å². The van der Waals surface area contributed by atoms with Crippen LogP contribution < -0.4 is 0 Å². The van der Waals surface area contributed by atoms with E-state index in [1.54, 1.807) is 13.0 Å². The number of aryl methyl sites for hydroxylation is 1. The zero-order chi connectivity index (χ0) is 10.8. The molecule has 0 amide bonds. The number of hydrogen-bond acceptors (Lipinski definition) is 3. The smallest absolute Gasteiger partial charge is 0.469 e. The number of phosphoric ester groups is 1. The topological polar surface area (TPSA) is 87.0 Å². The van der Waals surface area contributed by atoms with E-state index in [0.29, 0.717) is 11.1 Å². The summed E-state index contributed by atoms with van der Waals surface area (Å²) in [5.41, 5.74) is 1.24. The molecule has 1 aromatic carbocycles. The van der Waals surface area contributed by atoms with E-state index >= 15 is 0 Å². The van der Waals surface area contributed by atoms with Crippen LogP contribution >= 0.6 is 7.82 Å². The number of aromatic hydroxyl groups is 1. The van der Waals surface area contributed by atoms with Gasteiger partial charge in [-0.25, -0.2) is 4.57 Å². The standard InChI is InChI=1S/C8H11O5P/c1-6-4-7(2-3-8(6)9)5-13-14(10,11)12/h2-4,9H,5H2,1H3,(H2,10,11,12). The fourth-order valence-electron chi connectivity index (χ4n) is 0.966. The highest BCUT2D eigenvalue weighted by molar-refractivity contribution is 7.46. The van der Waals surface area contributed by atoms with Crippen LogP contribution in [0.15, 0.2) is 18.2 Å². The Bertz CT molecular complexity index is 370. The zero-order valence-electron chi connectivity index (χ0n) is 7.54. The summed E-state index contributed by atoms with van der Waals surface area (Å²) in [6.07, 6.45) is 0. The zero-order valence-corrected chi connectivity index (χ0v) is 8.44. The van der Waals surface area contributed by atoms with Crippen molar-refractivity contribution in [2.45, 2.75) is 13.5 Å². The van der Waals surface area contributed by atoms with Gasteiger partial charge in [-0.05, 0) is 24.1 Å². The minimum Gasteiger partial charge on any atom is -0.508 e. The molecule has 5 nitrogen and oxygen atoms in total. The second-order valence-corrected chi connectivity index (χ2v) is 4.12. The third kappa shape index (κ3) is 3.47. The third-order valence-corrected chi connectivity index (χ3v) is 2.13. The summed E-state index contributed by atoms with van der Waals surface area (Å²) in [4.78, 5) is 16.9. The minimum atomic E-state index is -4.42. The Hall–Kier alpha value is -0.870. The average molecular weight is 218 g/mol. The van der Waals surface area contributed by atoms with Crippen molar-refractivity contribution in [1.82, 2.24) is 0 Å². The molecular weight excluding hydrogens is 207 g/mol. The lowest BCUT2D eigenvalue weighted by Crippen LogP contribution is -1.91. The van der Waals surface area contributed by atoms with Crippen molar-refractivity contribution < 1.29 is 24.0 Å². The number of rotatable bonds is 3. The molecule has 3 N–H and O–H groups in total. The molecule has 0 aliphatic carbocycles. The van der Waals surface area contributed by atoms with Crippen LogP contribution in [-0.4, -0.2) is 14.9 Å². The van der Waals surface area contributed by atoms with Crippen molar-refractivity contribution in [3.63, 3.8) is 0 Å². The maximum absolute atomic E-state index is 10.4. The summed E-state index contributed by atoms with van der Waals surface area (Å²) < 4.78 is 14.7. The molecule has 0 aromatic heterocycles. The molecule has 0 saturated heterocycles.